The Hall–Kier alpha value is -4.26. The monoisotopic (exact) mass is 525 g/mol. The highest BCUT2D eigenvalue weighted by atomic mass is 16.5. The molecule has 3 aromatic carbocycles. The van der Waals surface area contributed by atoms with Crippen molar-refractivity contribution < 1.29 is 19.0 Å². The molecule has 7 heteroatoms. The molecule has 1 atom stereocenters. The summed E-state index contributed by atoms with van der Waals surface area (Å²) >= 11 is 0. The van der Waals surface area contributed by atoms with E-state index >= 15 is 0 Å². The van der Waals surface area contributed by atoms with E-state index in [0.717, 1.165) is 70.9 Å². The van der Waals surface area contributed by atoms with Crippen LogP contribution >= 0.6 is 0 Å². The van der Waals surface area contributed by atoms with E-state index in [1.54, 1.807) is 14.2 Å². The third-order valence-corrected chi connectivity index (χ3v) is 7.24. The predicted octanol–water partition coefficient (Wildman–Crippen LogP) is 6.45. The number of benzene rings is 3. The third kappa shape index (κ3) is 5.62. The maximum atomic E-state index is 13.7. The zero-order valence-electron chi connectivity index (χ0n) is 22.8. The molecule has 5 rings (SSSR count). The summed E-state index contributed by atoms with van der Waals surface area (Å²) in [6.07, 6.45) is 4.08. The molecule has 0 radical (unpaired) electrons. The van der Waals surface area contributed by atoms with Crippen molar-refractivity contribution in [1.29, 1.82) is 0 Å². The standard InChI is InChI=1S/C32H35N3O4/c1-4-5-6-21-39-27-17-11-24(12-18-27)31-28-29(23-9-15-26(38-3)16-10-23)33-34-30(28)32(36)35(31)20-19-22-7-13-25(37-2)14-8-22/h7-18,31H,4-6,19-21H2,1-3H3,(H,33,34). The lowest BCUT2D eigenvalue weighted by Gasteiger charge is -2.26. The highest BCUT2D eigenvalue weighted by Crippen LogP contribution is 2.43. The van der Waals surface area contributed by atoms with Gasteiger partial charge in [0, 0.05) is 17.7 Å². The largest absolute Gasteiger partial charge is 0.497 e. The lowest BCUT2D eigenvalue weighted by atomic mass is 9.95. The van der Waals surface area contributed by atoms with Crippen LogP contribution in [0.1, 0.15) is 59.4 Å². The number of rotatable bonds is 12. The number of amides is 1. The fourth-order valence-corrected chi connectivity index (χ4v) is 5.07. The minimum atomic E-state index is -0.268. The zero-order valence-corrected chi connectivity index (χ0v) is 22.8. The van der Waals surface area contributed by atoms with Crippen LogP contribution in [0.2, 0.25) is 0 Å². The molecule has 1 unspecified atom stereocenters. The second-order valence-electron chi connectivity index (χ2n) is 9.71. The Bertz CT molecular complexity index is 1380. The molecule has 1 amide bonds. The SMILES string of the molecule is CCCCCOc1ccc(C2c3c(-c4ccc(OC)cc4)n[nH]c3C(=O)N2CCc2ccc(OC)cc2)cc1. The lowest BCUT2D eigenvalue weighted by Crippen LogP contribution is -2.31. The number of unbranched alkanes of at least 4 members (excludes halogenated alkanes) is 2. The molecule has 0 fully saturated rings. The molecule has 0 saturated heterocycles. The number of carbonyl (C=O) groups excluding carboxylic acids is 1. The molecular formula is C32H35N3O4. The molecule has 39 heavy (non-hydrogen) atoms. The number of nitrogens with zero attached hydrogens (tertiary/aromatic N) is 2. The Morgan fingerprint density at radius 2 is 1.49 bits per heavy atom. The number of aromatic amines is 1. The third-order valence-electron chi connectivity index (χ3n) is 7.24. The van der Waals surface area contributed by atoms with Gasteiger partial charge in [-0.1, -0.05) is 44.0 Å². The summed E-state index contributed by atoms with van der Waals surface area (Å²) < 4.78 is 16.6. The number of hydrogen-bond acceptors (Lipinski definition) is 5. The molecule has 4 aromatic rings. The topological polar surface area (TPSA) is 76.7 Å². The van der Waals surface area contributed by atoms with Crippen LogP contribution in [0.15, 0.2) is 72.8 Å². The van der Waals surface area contributed by atoms with Crippen LogP contribution in [0.25, 0.3) is 11.3 Å². The molecule has 1 N–H and O–H groups in total. The van der Waals surface area contributed by atoms with Crippen LogP contribution in [0, 0.1) is 0 Å². The number of nitrogens with one attached hydrogen (secondary N) is 1. The number of H-pyrrole nitrogens is 1. The number of methoxy groups -OCH3 is 2. The van der Waals surface area contributed by atoms with Crippen molar-refractivity contribution >= 4 is 5.91 Å². The first-order chi connectivity index (χ1) is 19.1. The summed E-state index contributed by atoms with van der Waals surface area (Å²) in [7, 11) is 3.31. The summed E-state index contributed by atoms with van der Waals surface area (Å²) in [5.41, 5.74) is 5.31. The maximum absolute atomic E-state index is 13.7. The van der Waals surface area contributed by atoms with Gasteiger partial charge >= 0.3 is 0 Å². The van der Waals surface area contributed by atoms with E-state index < -0.39 is 0 Å². The van der Waals surface area contributed by atoms with E-state index in [4.69, 9.17) is 14.2 Å². The highest BCUT2D eigenvalue weighted by molar-refractivity contribution is 6.00. The summed E-state index contributed by atoms with van der Waals surface area (Å²) in [6, 6.07) is 23.6. The first-order valence-electron chi connectivity index (χ1n) is 13.5. The normalized spacial score (nSPS) is 14.4. The van der Waals surface area contributed by atoms with E-state index in [1.165, 1.54) is 0 Å². The van der Waals surface area contributed by atoms with Gasteiger partial charge in [-0.25, -0.2) is 0 Å². The average molecular weight is 526 g/mol. The van der Waals surface area contributed by atoms with Crippen LogP contribution in [-0.4, -0.2) is 48.4 Å². The second-order valence-corrected chi connectivity index (χ2v) is 9.71. The molecule has 0 spiro atoms. The quantitative estimate of drug-likeness (QED) is 0.215. The minimum absolute atomic E-state index is 0.0457. The number of ether oxygens (including phenoxy) is 3. The van der Waals surface area contributed by atoms with Crippen molar-refractivity contribution in [1.82, 2.24) is 15.1 Å². The first-order valence-corrected chi connectivity index (χ1v) is 13.5. The molecule has 2 heterocycles. The van der Waals surface area contributed by atoms with Gasteiger partial charge in [0.05, 0.1) is 32.6 Å². The summed E-state index contributed by atoms with van der Waals surface area (Å²) in [6.45, 7) is 3.45. The fourth-order valence-electron chi connectivity index (χ4n) is 5.07. The van der Waals surface area contributed by atoms with Gasteiger partial charge in [-0.2, -0.15) is 5.10 Å². The Morgan fingerprint density at radius 1 is 0.846 bits per heavy atom. The second kappa shape index (κ2) is 12.1. The summed E-state index contributed by atoms with van der Waals surface area (Å²) in [4.78, 5) is 15.6. The maximum Gasteiger partial charge on any atom is 0.273 e. The number of carbonyl (C=O) groups is 1. The van der Waals surface area contributed by atoms with Gasteiger partial charge in [0.2, 0.25) is 0 Å². The van der Waals surface area contributed by atoms with Crippen LogP contribution < -0.4 is 14.2 Å². The molecule has 0 saturated carbocycles. The van der Waals surface area contributed by atoms with Gasteiger partial charge < -0.3 is 19.1 Å². The lowest BCUT2D eigenvalue weighted by molar-refractivity contribution is 0.0746. The Kier molecular flexibility index (Phi) is 8.16. The van der Waals surface area contributed by atoms with Crippen molar-refractivity contribution in [2.24, 2.45) is 0 Å². The molecule has 202 valence electrons. The first kappa shape index (κ1) is 26.4. The highest BCUT2D eigenvalue weighted by Gasteiger charge is 2.41. The van der Waals surface area contributed by atoms with Gasteiger partial charge in [0.1, 0.15) is 22.9 Å². The zero-order chi connectivity index (χ0) is 27.2. The van der Waals surface area contributed by atoms with Crippen molar-refractivity contribution in [3.05, 3.63) is 95.2 Å². The molecule has 7 nitrogen and oxygen atoms in total. The van der Waals surface area contributed by atoms with Crippen LogP contribution in [-0.2, 0) is 6.42 Å². The van der Waals surface area contributed by atoms with Crippen LogP contribution in [0.3, 0.4) is 0 Å². The van der Waals surface area contributed by atoms with Gasteiger partial charge in [-0.15, -0.1) is 0 Å². The van der Waals surface area contributed by atoms with Crippen molar-refractivity contribution in [2.45, 2.75) is 38.6 Å². The number of hydrogen-bond donors (Lipinski definition) is 1. The van der Waals surface area contributed by atoms with Gasteiger partial charge in [0.15, 0.2) is 0 Å². The van der Waals surface area contributed by atoms with E-state index in [0.29, 0.717) is 18.8 Å². The van der Waals surface area contributed by atoms with E-state index in [2.05, 4.69) is 29.3 Å². The van der Waals surface area contributed by atoms with Crippen LogP contribution in [0.5, 0.6) is 17.2 Å². The predicted molar refractivity (Wildman–Crippen MR) is 152 cm³/mol. The van der Waals surface area contributed by atoms with E-state index in [-0.39, 0.29) is 11.9 Å². The van der Waals surface area contributed by atoms with Gasteiger partial charge in [-0.05, 0) is 72.5 Å². The van der Waals surface area contributed by atoms with E-state index in [1.807, 2.05) is 65.6 Å². The number of fused-ring (bicyclic) bond motifs is 1. The molecule has 0 bridgehead atoms. The fraction of sp³-hybridized carbons (Fsp3) is 0.312. The Morgan fingerprint density at radius 3 is 2.13 bits per heavy atom. The number of aromatic nitrogens is 2. The Labute approximate surface area is 229 Å². The molecule has 1 aromatic heterocycles. The molecule has 1 aliphatic rings. The smallest absolute Gasteiger partial charge is 0.273 e. The van der Waals surface area contributed by atoms with Crippen molar-refractivity contribution in [3.63, 3.8) is 0 Å². The Balaban J connectivity index is 1.46. The molecule has 1 aliphatic heterocycles. The molecule has 0 aliphatic carbocycles. The van der Waals surface area contributed by atoms with E-state index in [9.17, 15) is 4.79 Å². The average Bonchev–Trinajstić information content (AvgIpc) is 3.53. The van der Waals surface area contributed by atoms with Crippen LogP contribution in [0.4, 0.5) is 0 Å². The minimum Gasteiger partial charge on any atom is -0.497 e. The van der Waals surface area contributed by atoms with Gasteiger partial charge in [0.25, 0.3) is 5.91 Å². The van der Waals surface area contributed by atoms with Crippen molar-refractivity contribution in [2.75, 3.05) is 27.4 Å². The van der Waals surface area contributed by atoms with Gasteiger partial charge in [-0.3, -0.25) is 9.89 Å². The summed E-state index contributed by atoms with van der Waals surface area (Å²) in [5, 5.41) is 7.63. The summed E-state index contributed by atoms with van der Waals surface area (Å²) in [5.74, 6) is 2.38. The molecular weight excluding hydrogens is 490 g/mol. The van der Waals surface area contributed by atoms with Crippen molar-refractivity contribution in [3.8, 4) is 28.5 Å².